The largest absolute Gasteiger partial charge is 0.476 e. The number of nitrogens with two attached hydrogens (primary N) is 1. The minimum absolute atomic E-state index is 0.133. The van der Waals surface area contributed by atoms with Gasteiger partial charge in [-0.3, -0.25) is 4.79 Å². The smallest absolute Gasteiger partial charge is 0.233 e. The third kappa shape index (κ3) is 3.79. The molecule has 0 spiro atoms. The van der Waals surface area contributed by atoms with E-state index in [0.717, 1.165) is 42.4 Å². The lowest BCUT2D eigenvalue weighted by molar-refractivity contribution is -0.130. The van der Waals surface area contributed by atoms with E-state index in [0.29, 0.717) is 34.3 Å². The standard InChI is InChI=1S/C24H24BrN5O2/c1-15(31)29-10-8-16(9-11-29)14-32-24-21(25)22(26)30-23(28-24)20(13-27-30)19-7-6-17-4-2-3-5-18(17)12-19/h2-7,12-13,16H,8-11,14,26H2,1H3. The summed E-state index contributed by atoms with van der Waals surface area (Å²) in [6, 6.07) is 14.6. The summed E-state index contributed by atoms with van der Waals surface area (Å²) < 4.78 is 8.34. The van der Waals surface area contributed by atoms with Gasteiger partial charge in [-0.25, -0.2) is 0 Å². The van der Waals surface area contributed by atoms with Crippen LogP contribution in [0.2, 0.25) is 0 Å². The maximum atomic E-state index is 11.5. The Kier molecular flexibility index (Phi) is 5.46. The fourth-order valence-electron chi connectivity index (χ4n) is 4.24. The number of hydrogen-bond donors (Lipinski definition) is 1. The second-order valence-electron chi connectivity index (χ2n) is 8.23. The number of rotatable bonds is 4. The lowest BCUT2D eigenvalue weighted by Crippen LogP contribution is -2.38. The maximum absolute atomic E-state index is 11.5. The number of hydrogen-bond acceptors (Lipinski definition) is 5. The second-order valence-corrected chi connectivity index (χ2v) is 9.03. The minimum atomic E-state index is 0.133. The average molecular weight is 494 g/mol. The van der Waals surface area contributed by atoms with Crippen LogP contribution in [0, 0.1) is 5.92 Å². The number of likely N-dealkylation sites (tertiary alicyclic amines) is 1. The van der Waals surface area contributed by atoms with Crippen molar-refractivity contribution < 1.29 is 9.53 Å². The predicted molar refractivity (Wildman–Crippen MR) is 129 cm³/mol. The van der Waals surface area contributed by atoms with E-state index in [1.807, 2.05) is 17.0 Å². The highest BCUT2D eigenvalue weighted by Crippen LogP contribution is 2.35. The number of nitrogen functional groups attached to an aromatic ring is 1. The Labute approximate surface area is 194 Å². The Hall–Kier alpha value is -3.13. The molecule has 0 unspecified atom stereocenters. The van der Waals surface area contributed by atoms with Crippen molar-refractivity contribution in [3.05, 3.63) is 53.1 Å². The Balaban J connectivity index is 1.43. The van der Waals surface area contributed by atoms with E-state index < -0.39 is 0 Å². The van der Waals surface area contributed by atoms with Gasteiger partial charge in [-0.2, -0.15) is 14.6 Å². The number of ether oxygens (including phenoxy) is 1. The summed E-state index contributed by atoms with van der Waals surface area (Å²) in [5.41, 5.74) is 8.93. The van der Waals surface area contributed by atoms with Crippen molar-refractivity contribution in [1.82, 2.24) is 19.5 Å². The summed E-state index contributed by atoms with van der Waals surface area (Å²) in [5, 5.41) is 6.80. The predicted octanol–water partition coefficient (Wildman–Crippen LogP) is 4.53. The first-order valence-electron chi connectivity index (χ1n) is 10.7. The highest BCUT2D eigenvalue weighted by molar-refractivity contribution is 9.10. The molecule has 0 bridgehead atoms. The molecule has 32 heavy (non-hydrogen) atoms. The van der Waals surface area contributed by atoms with Gasteiger partial charge in [0, 0.05) is 25.6 Å². The summed E-state index contributed by atoms with van der Waals surface area (Å²) in [6.45, 7) is 3.70. The number of carbonyl (C=O) groups is 1. The molecule has 2 N–H and O–H groups in total. The van der Waals surface area contributed by atoms with Crippen molar-refractivity contribution in [2.75, 3.05) is 25.4 Å². The van der Waals surface area contributed by atoms with Gasteiger partial charge in [-0.1, -0.05) is 36.4 Å². The Bertz CT molecular complexity index is 1310. The number of piperidine rings is 1. The van der Waals surface area contributed by atoms with Crippen LogP contribution in [0.25, 0.3) is 27.5 Å². The number of amides is 1. The molecular formula is C24H24BrN5O2. The van der Waals surface area contributed by atoms with Crippen LogP contribution < -0.4 is 10.5 Å². The number of benzene rings is 2. The molecule has 3 heterocycles. The fourth-order valence-corrected chi connectivity index (χ4v) is 4.61. The Morgan fingerprint density at radius 3 is 2.69 bits per heavy atom. The molecule has 1 amide bonds. The van der Waals surface area contributed by atoms with Gasteiger partial charge in [0.1, 0.15) is 10.3 Å². The van der Waals surface area contributed by atoms with E-state index in [4.69, 9.17) is 15.5 Å². The molecule has 164 valence electrons. The molecule has 4 aromatic rings. The topological polar surface area (TPSA) is 85.8 Å². The quantitative estimate of drug-likeness (QED) is 0.451. The molecule has 2 aromatic heterocycles. The molecule has 8 heteroatoms. The molecule has 1 fully saturated rings. The molecule has 1 aliphatic heterocycles. The van der Waals surface area contributed by atoms with Crippen LogP contribution >= 0.6 is 15.9 Å². The molecule has 0 radical (unpaired) electrons. The summed E-state index contributed by atoms with van der Waals surface area (Å²) in [4.78, 5) is 18.2. The summed E-state index contributed by atoms with van der Waals surface area (Å²) in [7, 11) is 0. The van der Waals surface area contributed by atoms with Crippen LogP contribution in [0.15, 0.2) is 53.1 Å². The number of carbonyl (C=O) groups excluding carboxylic acids is 1. The number of halogens is 1. The van der Waals surface area contributed by atoms with Crippen molar-refractivity contribution in [2.24, 2.45) is 5.92 Å². The van der Waals surface area contributed by atoms with Crippen LogP contribution in [0.1, 0.15) is 19.8 Å². The van der Waals surface area contributed by atoms with Crippen molar-refractivity contribution >= 4 is 44.1 Å². The van der Waals surface area contributed by atoms with E-state index in [9.17, 15) is 4.79 Å². The van der Waals surface area contributed by atoms with Crippen LogP contribution in [0.5, 0.6) is 5.88 Å². The van der Waals surface area contributed by atoms with E-state index in [1.165, 1.54) is 5.39 Å². The van der Waals surface area contributed by atoms with Gasteiger partial charge >= 0.3 is 0 Å². The van der Waals surface area contributed by atoms with Crippen molar-refractivity contribution in [2.45, 2.75) is 19.8 Å². The van der Waals surface area contributed by atoms with Crippen LogP contribution in [-0.2, 0) is 4.79 Å². The van der Waals surface area contributed by atoms with Gasteiger partial charge in [0.2, 0.25) is 11.8 Å². The second kappa shape index (κ2) is 8.43. The molecule has 0 aliphatic carbocycles. The van der Waals surface area contributed by atoms with Crippen molar-refractivity contribution in [1.29, 1.82) is 0 Å². The Morgan fingerprint density at radius 2 is 1.94 bits per heavy atom. The molecular weight excluding hydrogens is 470 g/mol. The van der Waals surface area contributed by atoms with Gasteiger partial charge in [0.15, 0.2) is 5.65 Å². The van der Waals surface area contributed by atoms with Gasteiger partial charge in [-0.05, 0) is 57.1 Å². The van der Waals surface area contributed by atoms with Crippen LogP contribution in [0.4, 0.5) is 5.82 Å². The monoisotopic (exact) mass is 493 g/mol. The number of fused-ring (bicyclic) bond motifs is 2. The minimum Gasteiger partial charge on any atom is -0.476 e. The number of nitrogens with zero attached hydrogens (tertiary/aromatic N) is 4. The highest BCUT2D eigenvalue weighted by Gasteiger charge is 2.23. The molecule has 7 nitrogen and oxygen atoms in total. The maximum Gasteiger partial charge on any atom is 0.233 e. The third-order valence-corrected chi connectivity index (χ3v) is 6.91. The fraction of sp³-hybridized carbons (Fsp3) is 0.292. The van der Waals surface area contributed by atoms with Crippen molar-refractivity contribution in [3.8, 4) is 17.0 Å². The lowest BCUT2D eigenvalue weighted by Gasteiger charge is -2.31. The zero-order valence-corrected chi connectivity index (χ0v) is 19.4. The molecule has 1 saturated heterocycles. The Morgan fingerprint density at radius 1 is 1.19 bits per heavy atom. The van der Waals surface area contributed by atoms with Crippen LogP contribution in [-0.4, -0.2) is 45.1 Å². The number of anilines is 1. The lowest BCUT2D eigenvalue weighted by atomic mass is 9.98. The molecule has 5 rings (SSSR count). The van der Waals surface area contributed by atoms with E-state index in [1.54, 1.807) is 17.6 Å². The first kappa shape index (κ1) is 20.8. The van der Waals surface area contributed by atoms with Crippen LogP contribution in [0.3, 0.4) is 0 Å². The molecule has 0 atom stereocenters. The summed E-state index contributed by atoms with van der Waals surface area (Å²) in [5.74, 6) is 1.42. The van der Waals surface area contributed by atoms with Gasteiger partial charge in [0.25, 0.3) is 0 Å². The highest BCUT2D eigenvalue weighted by atomic mass is 79.9. The molecule has 0 saturated carbocycles. The van der Waals surface area contributed by atoms with Gasteiger partial charge in [0.05, 0.1) is 12.8 Å². The summed E-state index contributed by atoms with van der Waals surface area (Å²) >= 11 is 3.53. The van der Waals surface area contributed by atoms with Crippen molar-refractivity contribution in [3.63, 3.8) is 0 Å². The normalized spacial score (nSPS) is 14.9. The van der Waals surface area contributed by atoms with E-state index in [2.05, 4.69) is 51.4 Å². The average Bonchev–Trinajstić information content (AvgIpc) is 3.24. The zero-order valence-electron chi connectivity index (χ0n) is 17.8. The van der Waals surface area contributed by atoms with Gasteiger partial charge in [-0.15, -0.1) is 0 Å². The zero-order chi connectivity index (χ0) is 22.2. The summed E-state index contributed by atoms with van der Waals surface area (Å²) in [6.07, 6.45) is 3.63. The van der Waals surface area contributed by atoms with Gasteiger partial charge < -0.3 is 15.4 Å². The first-order valence-corrected chi connectivity index (χ1v) is 11.5. The molecule has 2 aromatic carbocycles. The van der Waals surface area contributed by atoms with E-state index in [-0.39, 0.29) is 5.91 Å². The number of aromatic nitrogens is 3. The van der Waals surface area contributed by atoms with E-state index >= 15 is 0 Å². The third-order valence-electron chi connectivity index (χ3n) is 6.17. The first-order chi connectivity index (χ1) is 15.5. The SMILES string of the molecule is CC(=O)N1CCC(COc2nc3c(-c4ccc5ccccc5c4)cnn3c(N)c2Br)CC1. The molecule has 1 aliphatic rings.